The summed E-state index contributed by atoms with van der Waals surface area (Å²) in [5.41, 5.74) is 4.45. The van der Waals surface area contributed by atoms with Crippen molar-refractivity contribution in [2.24, 2.45) is 0 Å². The largest absolute Gasteiger partial charge is 0.392 e. The van der Waals surface area contributed by atoms with E-state index >= 15 is 0 Å². The first-order valence-electron chi connectivity index (χ1n) is 6.01. The molecule has 0 saturated heterocycles. The third kappa shape index (κ3) is 2.68. The van der Waals surface area contributed by atoms with Crippen LogP contribution in [0.3, 0.4) is 0 Å². The first-order valence-corrected chi connectivity index (χ1v) is 6.01. The number of aryl methyl sites for hydroxylation is 1. The highest BCUT2D eigenvalue weighted by Gasteiger charge is 2.08. The van der Waals surface area contributed by atoms with Crippen LogP contribution in [-0.2, 0) is 13.2 Å². The van der Waals surface area contributed by atoms with Crippen LogP contribution < -0.4 is 4.90 Å². The zero-order valence-corrected chi connectivity index (χ0v) is 10.8. The molecule has 0 saturated carbocycles. The van der Waals surface area contributed by atoms with Crippen molar-refractivity contribution >= 4 is 5.69 Å². The third-order valence-electron chi connectivity index (χ3n) is 3.13. The van der Waals surface area contributed by atoms with E-state index in [4.69, 9.17) is 0 Å². The van der Waals surface area contributed by atoms with Crippen LogP contribution in [0, 0.1) is 6.92 Å². The molecule has 0 aliphatic heterocycles. The van der Waals surface area contributed by atoms with Crippen molar-refractivity contribution in [1.29, 1.82) is 0 Å². The van der Waals surface area contributed by atoms with Crippen LogP contribution in [0.5, 0.6) is 0 Å². The molecule has 0 bridgehead atoms. The van der Waals surface area contributed by atoms with E-state index in [2.05, 4.69) is 35.0 Å². The van der Waals surface area contributed by atoms with Crippen molar-refractivity contribution in [2.45, 2.75) is 20.1 Å². The lowest BCUT2D eigenvalue weighted by Crippen LogP contribution is -2.18. The number of anilines is 1. The highest BCUT2D eigenvalue weighted by molar-refractivity contribution is 5.52. The van der Waals surface area contributed by atoms with E-state index < -0.39 is 0 Å². The van der Waals surface area contributed by atoms with E-state index in [9.17, 15) is 5.11 Å². The smallest absolute Gasteiger partial charge is 0.0717 e. The number of aliphatic hydroxyl groups is 1. The first kappa shape index (κ1) is 12.6. The van der Waals surface area contributed by atoms with Gasteiger partial charge >= 0.3 is 0 Å². The minimum atomic E-state index is 0.0152. The van der Waals surface area contributed by atoms with Gasteiger partial charge < -0.3 is 10.0 Å². The van der Waals surface area contributed by atoms with Crippen LogP contribution >= 0.6 is 0 Å². The van der Waals surface area contributed by atoms with Gasteiger partial charge in [0, 0.05) is 37.2 Å². The molecule has 0 amide bonds. The number of hydrogen-bond donors (Lipinski definition) is 1. The quantitative estimate of drug-likeness (QED) is 0.895. The van der Waals surface area contributed by atoms with Gasteiger partial charge in [-0.15, -0.1) is 0 Å². The summed E-state index contributed by atoms with van der Waals surface area (Å²) < 4.78 is 0. The molecule has 1 heterocycles. The predicted molar refractivity (Wildman–Crippen MR) is 73.4 cm³/mol. The van der Waals surface area contributed by atoms with E-state index in [-0.39, 0.29) is 6.61 Å². The minimum absolute atomic E-state index is 0.0152. The van der Waals surface area contributed by atoms with Crippen molar-refractivity contribution in [3.63, 3.8) is 0 Å². The zero-order chi connectivity index (χ0) is 13.0. The Kier molecular flexibility index (Phi) is 3.95. The number of pyridine rings is 1. The molecule has 0 radical (unpaired) electrons. The summed E-state index contributed by atoms with van der Waals surface area (Å²) in [5, 5.41) is 9.32. The average Bonchev–Trinajstić information content (AvgIpc) is 2.41. The monoisotopic (exact) mass is 242 g/mol. The normalized spacial score (nSPS) is 10.4. The van der Waals surface area contributed by atoms with Gasteiger partial charge in [0.2, 0.25) is 0 Å². The molecule has 1 aromatic heterocycles. The lowest BCUT2D eigenvalue weighted by Gasteiger charge is -2.22. The van der Waals surface area contributed by atoms with Crippen LogP contribution in [0.1, 0.15) is 16.7 Å². The zero-order valence-electron chi connectivity index (χ0n) is 10.8. The Morgan fingerprint density at radius 3 is 2.67 bits per heavy atom. The predicted octanol–water partition coefficient (Wildman–Crippen LogP) is 2.52. The minimum Gasteiger partial charge on any atom is -0.392 e. The Hall–Kier alpha value is -1.87. The summed E-state index contributed by atoms with van der Waals surface area (Å²) >= 11 is 0. The molecule has 2 rings (SSSR count). The number of benzene rings is 1. The van der Waals surface area contributed by atoms with Gasteiger partial charge in [-0.05, 0) is 24.1 Å². The fraction of sp³-hybridized carbons (Fsp3) is 0.267. The highest BCUT2D eigenvalue weighted by atomic mass is 16.3. The second kappa shape index (κ2) is 5.65. The van der Waals surface area contributed by atoms with Crippen molar-refractivity contribution in [1.82, 2.24) is 4.98 Å². The van der Waals surface area contributed by atoms with Crippen LogP contribution in [0.25, 0.3) is 0 Å². The van der Waals surface area contributed by atoms with Gasteiger partial charge in [-0.2, -0.15) is 0 Å². The molecule has 0 spiro atoms. The lowest BCUT2D eigenvalue weighted by molar-refractivity contribution is 0.281. The molecule has 1 N–H and O–H groups in total. The molecule has 0 atom stereocenters. The van der Waals surface area contributed by atoms with Crippen LogP contribution in [-0.4, -0.2) is 17.1 Å². The van der Waals surface area contributed by atoms with Gasteiger partial charge in [-0.25, -0.2) is 0 Å². The van der Waals surface area contributed by atoms with Crippen LogP contribution in [0.4, 0.5) is 5.69 Å². The molecular formula is C15H18N2O. The standard InChI is InChI=1S/C15H18N2O/c1-12-5-3-4-6-13(12)10-17(2)15-7-8-16-9-14(15)11-18/h3-9,18H,10-11H2,1-2H3. The van der Waals surface area contributed by atoms with E-state index in [0.29, 0.717) is 0 Å². The maximum Gasteiger partial charge on any atom is 0.0717 e. The summed E-state index contributed by atoms with van der Waals surface area (Å²) in [4.78, 5) is 6.17. The molecule has 0 aliphatic carbocycles. The Morgan fingerprint density at radius 2 is 1.94 bits per heavy atom. The Morgan fingerprint density at radius 1 is 1.17 bits per heavy atom. The molecular weight excluding hydrogens is 224 g/mol. The highest BCUT2D eigenvalue weighted by Crippen LogP contribution is 2.20. The number of rotatable bonds is 4. The topological polar surface area (TPSA) is 36.4 Å². The van der Waals surface area contributed by atoms with Gasteiger partial charge in [-0.1, -0.05) is 24.3 Å². The van der Waals surface area contributed by atoms with E-state index in [1.807, 2.05) is 19.2 Å². The third-order valence-corrected chi connectivity index (χ3v) is 3.13. The van der Waals surface area contributed by atoms with Crippen molar-refractivity contribution in [3.05, 3.63) is 59.4 Å². The summed E-state index contributed by atoms with van der Waals surface area (Å²) in [7, 11) is 2.03. The molecule has 0 aliphatic rings. The maximum absolute atomic E-state index is 9.32. The van der Waals surface area contributed by atoms with E-state index in [1.165, 1.54) is 11.1 Å². The number of aromatic nitrogens is 1. The number of hydrogen-bond acceptors (Lipinski definition) is 3. The fourth-order valence-corrected chi connectivity index (χ4v) is 2.04. The van der Waals surface area contributed by atoms with Gasteiger partial charge in [0.15, 0.2) is 0 Å². The summed E-state index contributed by atoms with van der Waals surface area (Å²) in [6.07, 6.45) is 3.46. The van der Waals surface area contributed by atoms with E-state index in [0.717, 1.165) is 17.8 Å². The number of nitrogens with zero attached hydrogens (tertiary/aromatic N) is 2. The molecule has 3 heteroatoms. The molecule has 1 aromatic carbocycles. The van der Waals surface area contributed by atoms with Crippen LogP contribution in [0.2, 0.25) is 0 Å². The van der Waals surface area contributed by atoms with Crippen molar-refractivity contribution in [2.75, 3.05) is 11.9 Å². The molecule has 2 aromatic rings. The Balaban J connectivity index is 2.22. The average molecular weight is 242 g/mol. The van der Waals surface area contributed by atoms with Gasteiger partial charge in [-0.3, -0.25) is 4.98 Å². The van der Waals surface area contributed by atoms with Gasteiger partial charge in [0.25, 0.3) is 0 Å². The first-order chi connectivity index (χ1) is 8.72. The Labute approximate surface area is 108 Å². The molecule has 0 fully saturated rings. The molecule has 18 heavy (non-hydrogen) atoms. The van der Waals surface area contributed by atoms with E-state index in [1.54, 1.807) is 12.4 Å². The second-order valence-corrected chi connectivity index (χ2v) is 4.45. The second-order valence-electron chi connectivity index (χ2n) is 4.45. The van der Waals surface area contributed by atoms with Crippen molar-refractivity contribution < 1.29 is 5.11 Å². The lowest BCUT2D eigenvalue weighted by atomic mass is 10.1. The molecule has 94 valence electrons. The summed E-state index contributed by atoms with van der Waals surface area (Å²) in [5.74, 6) is 0. The maximum atomic E-state index is 9.32. The van der Waals surface area contributed by atoms with Gasteiger partial charge in [0.05, 0.1) is 6.61 Å². The Bertz CT molecular complexity index is 525. The molecule has 0 unspecified atom stereocenters. The van der Waals surface area contributed by atoms with Crippen molar-refractivity contribution in [3.8, 4) is 0 Å². The number of aliphatic hydroxyl groups excluding tert-OH is 1. The summed E-state index contributed by atoms with van der Waals surface area (Å²) in [6, 6.07) is 10.3. The summed E-state index contributed by atoms with van der Waals surface area (Å²) in [6.45, 7) is 2.95. The van der Waals surface area contributed by atoms with Gasteiger partial charge in [0.1, 0.15) is 0 Å². The fourth-order valence-electron chi connectivity index (χ4n) is 2.04. The van der Waals surface area contributed by atoms with Crippen LogP contribution in [0.15, 0.2) is 42.7 Å². The molecule has 3 nitrogen and oxygen atoms in total. The SMILES string of the molecule is Cc1ccccc1CN(C)c1ccncc1CO.